The normalized spacial score (nSPS) is 18.1. The predicted molar refractivity (Wildman–Crippen MR) is 62.8 cm³/mol. The van der Waals surface area contributed by atoms with Gasteiger partial charge in [-0.3, -0.25) is 0 Å². The summed E-state index contributed by atoms with van der Waals surface area (Å²) < 4.78 is 0. The van der Waals surface area contributed by atoms with Crippen LogP contribution in [0, 0.1) is 0 Å². The second-order valence-corrected chi connectivity index (χ2v) is 4.39. The molecular weight excluding hydrogens is 212 g/mol. The highest BCUT2D eigenvalue weighted by molar-refractivity contribution is 6.31. The van der Waals surface area contributed by atoms with Crippen molar-refractivity contribution in [2.45, 2.75) is 0 Å². The van der Waals surface area contributed by atoms with Gasteiger partial charge in [0.1, 0.15) is 5.75 Å². The van der Waals surface area contributed by atoms with Crippen molar-refractivity contribution in [3.8, 4) is 5.75 Å². The van der Waals surface area contributed by atoms with Gasteiger partial charge in [-0.2, -0.15) is 0 Å². The van der Waals surface area contributed by atoms with E-state index in [1.807, 2.05) is 6.07 Å². The number of halogens is 1. The first-order valence-corrected chi connectivity index (χ1v) is 5.46. The van der Waals surface area contributed by atoms with Crippen molar-refractivity contribution >= 4 is 17.3 Å². The Bertz CT molecular complexity index is 328. The van der Waals surface area contributed by atoms with E-state index in [1.54, 1.807) is 12.1 Å². The number of phenols is 1. The van der Waals surface area contributed by atoms with Gasteiger partial charge in [-0.1, -0.05) is 11.6 Å². The Morgan fingerprint density at radius 1 is 1.13 bits per heavy atom. The lowest BCUT2D eigenvalue weighted by atomic mass is 10.2. The van der Waals surface area contributed by atoms with E-state index in [9.17, 15) is 5.11 Å². The number of aromatic hydroxyl groups is 1. The van der Waals surface area contributed by atoms with Crippen molar-refractivity contribution in [3.63, 3.8) is 0 Å². The molecule has 2 rings (SSSR count). The average Bonchev–Trinajstić information content (AvgIpc) is 2.17. The zero-order valence-electron chi connectivity index (χ0n) is 8.78. The van der Waals surface area contributed by atoms with Gasteiger partial charge in [-0.25, -0.2) is 0 Å². The summed E-state index contributed by atoms with van der Waals surface area (Å²) in [5, 5.41) is 10.0. The van der Waals surface area contributed by atoms with Gasteiger partial charge in [0.05, 0.1) is 0 Å². The predicted octanol–water partition coefficient (Wildman–Crippen LogP) is 1.80. The van der Waals surface area contributed by atoms with Crippen molar-refractivity contribution < 1.29 is 5.11 Å². The summed E-state index contributed by atoms with van der Waals surface area (Å²) in [5.74, 6) is 0.233. The lowest BCUT2D eigenvalue weighted by molar-refractivity contribution is 0.312. The number of rotatable bonds is 1. The second-order valence-electron chi connectivity index (χ2n) is 3.96. The molecule has 15 heavy (non-hydrogen) atoms. The summed E-state index contributed by atoms with van der Waals surface area (Å²) in [6.07, 6.45) is 0. The van der Waals surface area contributed by atoms with Crippen molar-refractivity contribution in [2.24, 2.45) is 0 Å². The van der Waals surface area contributed by atoms with Crippen LogP contribution in [0.5, 0.6) is 5.75 Å². The first-order valence-electron chi connectivity index (χ1n) is 5.08. The first kappa shape index (κ1) is 10.6. The summed E-state index contributed by atoms with van der Waals surface area (Å²) in [5.41, 5.74) is 1.01. The monoisotopic (exact) mass is 226 g/mol. The zero-order valence-corrected chi connectivity index (χ0v) is 9.54. The molecule has 1 aliphatic heterocycles. The van der Waals surface area contributed by atoms with E-state index in [1.165, 1.54) is 0 Å². The van der Waals surface area contributed by atoms with Gasteiger partial charge in [0.15, 0.2) is 0 Å². The van der Waals surface area contributed by atoms with Gasteiger partial charge in [0.2, 0.25) is 0 Å². The van der Waals surface area contributed by atoms with Gasteiger partial charge >= 0.3 is 0 Å². The molecule has 1 fully saturated rings. The van der Waals surface area contributed by atoms with Crippen LogP contribution in [0.15, 0.2) is 18.2 Å². The molecule has 4 heteroatoms. The minimum atomic E-state index is 0.233. The third-order valence-electron chi connectivity index (χ3n) is 2.74. The van der Waals surface area contributed by atoms with Gasteiger partial charge in [-0.05, 0) is 19.2 Å². The molecule has 1 heterocycles. The Hall–Kier alpha value is -0.930. The highest BCUT2D eigenvalue weighted by Crippen LogP contribution is 2.26. The molecule has 1 aliphatic rings. The van der Waals surface area contributed by atoms with E-state index >= 15 is 0 Å². The molecule has 0 amide bonds. The van der Waals surface area contributed by atoms with Crippen molar-refractivity contribution in [1.82, 2.24) is 4.90 Å². The van der Waals surface area contributed by atoms with Crippen LogP contribution < -0.4 is 4.90 Å². The standard InChI is InChI=1S/C11H15ClN2O/c1-13-2-4-14(5-3-13)10-6-9(12)7-11(15)8-10/h6-8,15H,2-5H2,1H3. The van der Waals surface area contributed by atoms with Gasteiger partial charge in [-0.15, -0.1) is 0 Å². The molecule has 0 unspecified atom stereocenters. The van der Waals surface area contributed by atoms with Gasteiger partial charge in [0, 0.05) is 43.0 Å². The van der Waals surface area contributed by atoms with E-state index in [-0.39, 0.29) is 5.75 Å². The summed E-state index contributed by atoms with van der Waals surface area (Å²) in [4.78, 5) is 4.53. The van der Waals surface area contributed by atoms with Crippen LogP contribution in [0.4, 0.5) is 5.69 Å². The van der Waals surface area contributed by atoms with E-state index < -0.39 is 0 Å². The number of likely N-dealkylation sites (N-methyl/N-ethyl adjacent to an activating group) is 1. The lowest BCUT2D eigenvalue weighted by Gasteiger charge is -2.34. The molecular formula is C11H15ClN2O. The van der Waals surface area contributed by atoms with Gasteiger partial charge in [0.25, 0.3) is 0 Å². The number of nitrogens with zero attached hydrogens (tertiary/aromatic N) is 2. The SMILES string of the molecule is CN1CCN(c2cc(O)cc(Cl)c2)CC1. The fourth-order valence-corrected chi connectivity index (χ4v) is 2.03. The summed E-state index contributed by atoms with van der Waals surface area (Å²) in [7, 11) is 2.12. The highest BCUT2D eigenvalue weighted by atomic mass is 35.5. The Kier molecular flexibility index (Phi) is 3.03. The summed E-state index contributed by atoms with van der Waals surface area (Å²) in [6, 6.07) is 5.21. The molecule has 1 saturated heterocycles. The van der Waals surface area contributed by atoms with Gasteiger partial charge < -0.3 is 14.9 Å². The zero-order chi connectivity index (χ0) is 10.8. The fourth-order valence-electron chi connectivity index (χ4n) is 1.81. The molecule has 0 spiro atoms. The Balaban J connectivity index is 2.15. The number of benzene rings is 1. The number of piperazine rings is 1. The number of hydrogen-bond donors (Lipinski definition) is 1. The van der Waals surface area contributed by atoms with E-state index in [2.05, 4.69) is 16.8 Å². The molecule has 0 aliphatic carbocycles. The molecule has 0 atom stereocenters. The first-order chi connectivity index (χ1) is 7.15. The molecule has 0 aromatic heterocycles. The molecule has 0 radical (unpaired) electrons. The Labute approximate surface area is 94.9 Å². The lowest BCUT2D eigenvalue weighted by Crippen LogP contribution is -2.44. The van der Waals surface area contributed by atoms with Crippen LogP contribution in [0.3, 0.4) is 0 Å². The number of phenolic OH excluding ortho intramolecular Hbond substituents is 1. The molecule has 0 bridgehead atoms. The third-order valence-corrected chi connectivity index (χ3v) is 2.95. The number of hydrogen-bond acceptors (Lipinski definition) is 3. The van der Waals surface area contributed by atoms with Crippen molar-refractivity contribution in [2.75, 3.05) is 38.1 Å². The van der Waals surface area contributed by atoms with Crippen molar-refractivity contribution in [1.29, 1.82) is 0 Å². The average molecular weight is 227 g/mol. The van der Waals surface area contributed by atoms with Crippen LogP contribution >= 0.6 is 11.6 Å². The maximum atomic E-state index is 9.46. The minimum absolute atomic E-state index is 0.233. The van der Waals surface area contributed by atoms with Crippen molar-refractivity contribution in [3.05, 3.63) is 23.2 Å². The highest BCUT2D eigenvalue weighted by Gasteiger charge is 2.14. The molecule has 82 valence electrons. The topological polar surface area (TPSA) is 26.7 Å². The van der Waals surface area contributed by atoms with E-state index in [0.717, 1.165) is 31.9 Å². The third kappa shape index (κ3) is 2.55. The Morgan fingerprint density at radius 2 is 1.80 bits per heavy atom. The molecule has 1 aromatic rings. The second kappa shape index (κ2) is 4.29. The maximum Gasteiger partial charge on any atom is 0.119 e. The summed E-state index contributed by atoms with van der Waals surface area (Å²) >= 11 is 5.90. The fraction of sp³-hybridized carbons (Fsp3) is 0.455. The van der Waals surface area contributed by atoms with Crippen LogP contribution in [0.25, 0.3) is 0 Å². The Morgan fingerprint density at radius 3 is 2.40 bits per heavy atom. The smallest absolute Gasteiger partial charge is 0.119 e. The van der Waals surface area contributed by atoms with Crippen LogP contribution in [0.2, 0.25) is 5.02 Å². The molecule has 1 N–H and O–H groups in total. The quantitative estimate of drug-likeness (QED) is 0.791. The largest absolute Gasteiger partial charge is 0.508 e. The van der Waals surface area contributed by atoms with E-state index in [4.69, 9.17) is 11.6 Å². The molecule has 0 saturated carbocycles. The molecule has 1 aromatic carbocycles. The van der Waals surface area contributed by atoms with E-state index in [0.29, 0.717) is 5.02 Å². The minimum Gasteiger partial charge on any atom is -0.508 e. The van der Waals surface area contributed by atoms with Crippen LogP contribution in [-0.4, -0.2) is 43.2 Å². The maximum absolute atomic E-state index is 9.46. The number of anilines is 1. The summed E-state index contributed by atoms with van der Waals surface area (Å²) in [6.45, 7) is 4.06. The molecule has 3 nitrogen and oxygen atoms in total. The van der Waals surface area contributed by atoms with Crippen LogP contribution in [-0.2, 0) is 0 Å². The van der Waals surface area contributed by atoms with Crippen LogP contribution in [0.1, 0.15) is 0 Å².